The third-order valence-corrected chi connectivity index (χ3v) is 3.86. The summed E-state index contributed by atoms with van der Waals surface area (Å²) in [7, 11) is 0. The highest BCUT2D eigenvalue weighted by Gasteiger charge is 2.34. The number of rotatable bonds is 4. The molecule has 0 saturated carbocycles. The van der Waals surface area contributed by atoms with Crippen LogP contribution in [0, 0.1) is 5.92 Å². The Balaban J connectivity index is 1.84. The highest BCUT2D eigenvalue weighted by Crippen LogP contribution is 2.23. The molecule has 1 aliphatic rings. The minimum absolute atomic E-state index is 0.116. The van der Waals surface area contributed by atoms with Gasteiger partial charge in [-0.05, 0) is 34.8 Å². The number of alkyl halides is 3. The van der Waals surface area contributed by atoms with E-state index in [-0.39, 0.29) is 11.5 Å². The highest BCUT2D eigenvalue weighted by atomic mass is 79.9. The standard InChI is InChI=1S/C11H14BrF3N4O/c12-8-9(17-6-18-10(8)20)16-3-7-1-2-19(4-7)5-11(13,14)15/h6-7H,1-5H2,(H2,16,17,18,20). The average Bonchev–Trinajstić information content (AvgIpc) is 2.76. The molecule has 1 aromatic heterocycles. The molecule has 0 radical (unpaired) electrons. The number of anilines is 1. The minimum Gasteiger partial charge on any atom is -0.369 e. The Bertz CT molecular complexity index is 519. The molecule has 1 fully saturated rings. The van der Waals surface area contributed by atoms with Gasteiger partial charge in [0.05, 0.1) is 12.9 Å². The van der Waals surface area contributed by atoms with Gasteiger partial charge in [0.2, 0.25) is 0 Å². The van der Waals surface area contributed by atoms with Crippen molar-refractivity contribution in [2.75, 3.05) is 31.5 Å². The number of hydrogen-bond donors (Lipinski definition) is 2. The zero-order valence-corrected chi connectivity index (χ0v) is 12.1. The monoisotopic (exact) mass is 354 g/mol. The van der Waals surface area contributed by atoms with Crippen LogP contribution in [-0.4, -0.2) is 47.2 Å². The summed E-state index contributed by atoms with van der Waals surface area (Å²) in [5, 5.41) is 2.99. The van der Waals surface area contributed by atoms with Crippen LogP contribution in [0.2, 0.25) is 0 Å². The molecule has 20 heavy (non-hydrogen) atoms. The summed E-state index contributed by atoms with van der Waals surface area (Å²) < 4.78 is 37.1. The number of likely N-dealkylation sites (tertiary alicyclic amines) is 1. The molecule has 2 rings (SSSR count). The molecule has 1 saturated heterocycles. The van der Waals surface area contributed by atoms with Crippen LogP contribution in [-0.2, 0) is 0 Å². The molecular formula is C11H14BrF3N4O. The minimum atomic E-state index is -4.15. The molecule has 0 spiro atoms. The van der Waals surface area contributed by atoms with Gasteiger partial charge in [-0.15, -0.1) is 0 Å². The number of nitrogens with zero attached hydrogens (tertiary/aromatic N) is 2. The molecule has 1 aromatic rings. The number of halogens is 4. The number of aromatic nitrogens is 2. The maximum absolute atomic E-state index is 12.3. The van der Waals surface area contributed by atoms with Gasteiger partial charge in [-0.3, -0.25) is 9.69 Å². The van der Waals surface area contributed by atoms with E-state index in [4.69, 9.17) is 0 Å². The van der Waals surface area contributed by atoms with E-state index < -0.39 is 12.7 Å². The van der Waals surface area contributed by atoms with E-state index in [2.05, 4.69) is 31.2 Å². The van der Waals surface area contributed by atoms with Crippen LogP contribution >= 0.6 is 15.9 Å². The normalized spacial score (nSPS) is 20.3. The Kier molecular flexibility index (Phi) is 4.69. The third-order valence-electron chi connectivity index (χ3n) is 3.13. The zero-order chi connectivity index (χ0) is 14.8. The number of H-pyrrole nitrogens is 1. The van der Waals surface area contributed by atoms with Gasteiger partial charge in [0, 0.05) is 13.1 Å². The van der Waals surface area contributed by atoms with Gasteiger partial charge in [0.15, 0.2) is 0 Å². The molecule has 0 bridgehead atoms. The van der Waals surface area contributed by atoms with Crippen molar-refractivity contribution in [1.82, 2.24) is 14.9 Å². The van der Waals surface area contributed by atoms with Crippen molar-refractivity contribution in [3.63, 3.8) is 0 Å². The van der Waals surface area contributed by atoms with E-state index in [1.807, 2.05) is 0 Å². The lowest BCUT2D eigenvalue weighted by Gasteiger charge is -2.18. The summed E-state index contributed by atoms with van der Waals surface area (Å²) >= 11 is 3.11. The Morgan fingerprint density at radius 3 is 3.00 bits per heavy atom. The second-order valence-electron chi connectivity index (χ2n) is 4.78. The second-order valence-corrected chi connectivity index (χ2v) is 5.57. The average molecular weight is 355 g/mol. The summed E-state index contributed by atoms with van der Waals surface area (Å²) in [5.41, 5.74) is -0.299. The molecule has 1 atom stereocenters. The van der Waals surface area contributed by atoms with Crippen molar-refractivity contribution in [3.05, 3.63) is 21.2 Å². The van der Waals surface area contributed by atoms with Crippen LogP contribution in [0.3, 0.4) is 0 Å². The number of nitrogens with one attached hydrogen (secondary N) is 2. The predicted molar refractivity (Wildman–Crippen MR) is 71.6 cm³/mol. The maximum atomic E-state index is 12.3. The van der Waals surface area contributed by atoms with Crippen molar-refractivity contribution in [3.8, 4) is 0 Å². The Morgan fingerprint density at radius 2 is 2.30 bits per heavy atom. The van der Waals surface area contributed by atoms with Crippen LogP contribution in [0.15, 0.2) is 15.6 Å². The molecule has 5 nitrogen and oxygen atoms in total. The molecule has 9 heteroatoms. The van der Waals surface area contributed by atoms with Gasteiger partial charge in [0.25, 0.3) is 5.56 Å². The molecule has 0 amide bonds. The van der Waals surface area contributed by atoms with Gasteiger partial charge in [-0.2, -0.15) is 13.2 Å². The fraction of sp³-hybridized carbons (Fsp3) is 0.636. The molecule has 1 aliphatic heterocycles. The third kappa shape index (κ3) is 4.20. The van der Waals surface area contributed by atoms with Crippen molar-refractivity contribution >= 4 is 21.7 Å². The highest BCUT2D eigenvalue weighted by molar-refractivity contribution is 9.10. The van der Waals surface area contributed by atoms with Crippen LogP contribution in [0.5, 0.6) is 0 Å². The predicted octanol–water partition coefficient (Wildman–Crippen LogP) is 1.83. The van der Waals surface area contributed by atoms with E-state index in [1.54, 1.807) is 0 Å². The Labute approximate surface area is 121 Å². The summed E-state index contributed by atoms with van der Waals surface area (Å²) in [6.45, 7) is 0.461. The summed E-state index contributed by atoms with van der Waals surface area (Å²) in [4.78, 5) is 19.1. The van der Waals surface area contributed by atoms with Crippen LogP contribution in [0.25, 0.3) is 0 Å². The summed E-state index contributed by atoms with van der Waals surface area (Å²) in [6, 6.07) is 0. The van der Waals surface area contributed by atoms with Crippen LogP contribution in [0.4, 0.5) is 19.0 Å². The first-order valence-corrected chi connectivity index (χ1v) is 6.90. The van der Waals surface area contributed by atoms with E-state index in [9.17, 15) is 18.0 Å². The second kappa shape index (κ2) is 6.13. The SMILES string of the molecule is O=c1[nH]cnc(NCC2CCN(CC(F)(F)F)C2)c1Br. The molecule has 112 valence electrons. The summed E-state index contributed by atoms with van der Waals surface area (Å²) in [5.74, 6) is 0.522. The number of aromatic amines is 1. The van der Waals surface area contributed by atoms with Gasteiger partial charge < -0.3 is 10.3 Å². The Hall–Kier alpha value is -1.09. The molecule has 1 unspecified atom stereocenters. The van der Waals surface area contributed by atoms with E-state index in [1.165, 1.54) is 11.2 Å². The first-order valence-electron chi connectivity index (χ1n) is 6.11. The topological polar surface area (TPSA) is 61.0 Å². The first-order chi connectivity index (χ1) is 9.35. The zero-order valence-electron chi connectivity index (χ0n) is 10.5. The largest absolute Gasteiger partial charge is 0.401 e. The van der Waals surface area contributed by atoms with Gasteiger partial charge >= 0.3 is 6.18 Å². The smallest absolute Gasteiger partial charge is 0.369 e. The van der Waals surface area contributed by atoms with Gasteiger partial charge in [0.1, 0.15) is 10.3 Å². The molecule has 2 heterocycles. The fourth-order valence-corrected chi connectivity index (χ4v) is 2.58. The van der Waals surface area contributed by atoms with Crippen molar-refractivity contribution in [2.24, 2.45) is 5.92 Å². The lowest BCUT2D eigenvalue weighted by atomic mass is 10.1. The van der Waals surface area contributed by atoms with E-state index in [0.717, 1.165) is 0 Å². The fourth-order valence-electron chi connectivity index (χ4n) is 2.22. The lowest BCUT2D eigenvalue weighted by molar-refractivity contribution is -0.143. The maximum Gasteiger partial charge on any atom is 0.401 e. The van der Waals surface area contributed by atoms with Crippen molar-refractivity contribution in [2.45, 2.75) is 12.6 Å². The number of hydrogen-bond acceptors (Lipinski definition) is 4. The van der Waals surface area contributed by atoms with E-state index >= 15 is 0 Å². The van der Waals surface area contributed by atoms with Gasteiger partial charge in [-0.1, -0.05) is 0 Å². The van der Waals surface area contributed by atoms with Gasteiger partial charge in [-0.25, -0.2) is 4.98 Å². The molecular weight excluding hydrogens is 341 g/mol. The molecule has 0 aliphatic carbocycles. The molecule has 2 N–H and O–H groups in total. The van der Waals surface area contributed by atoms with Crippen LogP contribution < -0.4 is 10.9 Å². The Morgan fingerprint density at radius 1 is 1.55 bits per heavy atom. The summed E-state index contributed by atoms with van der Waals surface area (Å²) in [6.07, 6.45) is -2.18. The molecule has 0 aromatic carbocycles. The van der Waals surface area contributed by atoms with Crippen molar-refractivity contribution < 1.29 is 13.2 Å². The quantitative estimate of drug-likeness (QED) is 0.865. The van der Waals surface area contributed by atoms with E-state index in [0.29, 0.717) is 36.3 Å². The van der Waals surface area contributed by atoms with Crippen LogP contribution in [0.1, 0.15) is 6.42 Å². The first kappa shape index (κ1) is 15.3. The lowest BCUT2D eigenvalue weighted by Crippen LogP contribution is -2.33. The van der Waals surface area contributed by atoms with Crippen molar-refractivity contribution in [1.29, 1.82) is 0 Å².